The summed E-state index contributed by atoms with van der Waals surface area (Å²) in [6.07, 6.45) is -0.163. The number of rotatable bonds is 6. The van der Waals surface area contributed by atoms with Crippen molar-refractivity contribution in [2.75, 3.05) is 20.2 Å². The summed E-state index contributed by atoms with van der Waals surface area (Å²) >= 11 is 0. The fourth-order valence-corrected chi connectivity index (χ4v) is 3.91. The molecule has 0 aromatic heterocycles. The van der Waals surface area contributed by atoms with Gasteiger partial charge in [-0.15, -0.1) is 0 Å². The summed E-state index contributed by atoms with van der Waals surface area (Å²) < 4.78 is 43.5. The molecule has 0 N–H and O–H groups in total. The van der Waals surface area contributed by atoms with Gasteiger partial charge in [0, 0.05) is 12.5 Å². The number of esters is 1. The lowest BCUT2D eigenvalue weighted by atomic mass is 9.84. The molecule has 1 saturated heterocycles. The van der Waals surface area contributed by atoms with Gasteiger partial charge in [-0.2, -0.15) is 13.2 Å². The van der Waals surface area contributed by atoms with Crippen molar-refractivity contribution < 1.29 is 22.7 Å². The molecule has 1 aliphatic heterocycles. The third-order valence-corrected chi connectivity index (χ3v) is 5.50. The number of piperidine rings is 1. The Morgan fingerprint density at radius 3 is 2.36 bits per heavy atom. The number of hydrogen-bond donors (Lipinski definition) is 0. The smallest absolute Gasteiger partial charge is 0.416 e. The van der Waals surface area contributed by atoms with Gasteiger partial charge in [0.25, 0.3) is 0 Å². The van der Waals surface area contributed by atoms with E-state index in [2.05, 4.69) is 25.7 Å². The third-order valence-electron chi connectivity index (χ3n) is 5.50. The topological polar surface area (TPSA) is 29.5 Å². The number of methoxy groups -OCH3 is 1. The van der Waals surface area contributed by atoms with Crippen molar-refractivity contribution in [3.05, 3.63) is 35.4 Å². The maximum atomic E-state index is 12.9. The van der Waals surface area contributed by atoms with Gasteiger partial charge in [-0.3, -0.25) is 9.69 Å². The van der Waals surface area contributed by atoms with Crippen LogP contribution in [0.15, 0.2) is 24.3 Å². The zero-order valence-electron chi connectivity index (χ0n) is 17.3. The summed E-state index contributed by atoms with van der Waals surface area (Å²) in [6.45, 7) is 8.39. The number of carbonyl (C=O) groups excluding carboxylic acids is 1. The minimum absolute atomic E-state index is 0.0330. The molecular formula is C22H32F3NO2. The molecular weight excluding hydrogens is 367 g/mol. The molecule has 28 heavy (non-hydrogen) atoms. The van der Waals surface area contributed by atoms with Crippen LogP contribution in [0.5, 0.6) is 0 Å². The van der Waals surface area contributed by atoms with E-state index in [1.54, 1.807) is 12.1 Å². The minimum Gasteiger partial charge on any atom is -0.469 e. The van der Waals surface area contributed by atoms with E-state index in [0.29, 0.717) is 6.42 Å². The molecule has 2 atom stereocenters. The van der Waals surface area contributed by atoms with Crippen molar-refractivity contribution in [1.29, 1.82) is 0 Å². The van der Waals surface area contributed by atoms with Crippen molar-refractivity contribution in [1.82, 2.24) is 4.90 Å². The Bertz CT molecular complexity index is 635. The van der Waals surface area contributed by atoms with E-state index < -0.39 is 11.7 Å². The molecule has 1 aromatic carbocycles. The van der Waals surface area contributed by atoms with Crippen LogP contribution in [0.4, 0.5) is 13.2 Å². The van der Waals surface area contributed by atoms with E-state index in [1.807, 2.05) is 0 Å². The summed E-state index contributed by atoms with van der Waals surface area (Å²) in [7, 11) is 1.39. The maximum absolute atomic E-state index is 12.9. The average Bonchev–Trinajstić information content (AvgIpc) is 2.61. The van der Waals surface area contributed by atoms with E-state index >= 15 is 0 Å². The van der Waals surface area contributed by atoms with E-state index in [4.69, 9.17) is 4.74 Å². The van der Waals surface area contributed by atoms with Gasteiger partial charge < -0.3 is 4.74 Å². The van der Waals surface area contributed by atoms with E-state index in [-0.39, 0.29) is 23.3 Å². The van der Waals surface area contributed by atoms with Crippen LogP contribution in [-0.4, -0.2) is 31.1 Å². The quantitative estimate of drug-likeness (QED) is 0.562. The highest BCUT2D eigenvalue weighted by molar-refractivity contribution is 5.69. The predicted octanol–water partition coefficient (Wildman–Crippen LogP) is 5.85. The summed E-state index contributed by atoms with van der Waals surface area (Å²) in [5, 5.41) is 0. The SMILES string of the molecule is COC(=O)CC1CCN(CCCC(C)(C)C)C(c2ccc(C(F)(F)F)cc2)C1. The summed E-state index contributed by atoms with van der Waals surface area (Å²) in [4.78, 5) is 14.0. The van der Waals surface area contributed by atoms with Gasteiger partial charge in [-0.25, -0.2) is 0 Å². The van der Waals surface area contributed by atoms with Gasteiger partial charge in [0.1, 0.15) is 0 Å². The molecule has 0 bridgehead atoms. The van der Waals surface area contributed by atoms with Crippen molar-refractivity contribution in [2.24, 2.45) is 11.3 Å². The second kappa shape index (κ2) is 9.29. The number of benzene rings is 1. The second-order valence-corrected chi connectivity index (χ2v) is 9.01. The van der Waals surface area contributed by atoms with Crippen LogP contribution in [0.1, 0.15) is 70.0 Å². The highest BCUT2D eigenvalue weighted by Crippen LogP contribution is 2.38. The van der Waals surface area contributed by atoms with Crippen molar-refractivity contribution in [2.45, 2.75) is 65.1 Å². The van der Waals surface area contributed by atoms with Gasteiger partial charge >= 0.3 is 12.1 Å². The molecule has 0 spiro atoms. The van der Waals surface area contributed by atoms with Gasteiger partial charge in [0.15, 0.2) is 0 Å². The maximum Gasteiger partial charge on any atom is 0.416 e. The van der Waals surface area contributed by atoms with Crippen LogP contribution in [0.2, 0.25) is 0 Å². The molecule has 3 nitrogen and oxygen atoms in total. The molecule has 1 aromatic rings. The first kappa shape index (κ1) is 22.7. The molecule has 0 saturated carbocycles. The Kier molecular flexibility index (Phi) is 7.54. The van der Waals surface area contributed by atoms with Gasteiger partial charge in [0.2, 0.25) is 0 Å². The second-order valence-electron chi connectivity index (χ2n) is 9.01. The zero-order valence-corrected chi connectivity index (χ0v) is 17.3. The molecule has 158 valence electrons. The molecule has 0 aliphatic carbocycles. The van der Waals surface area contributed by atoms with Crippen LogP contribution < -0.4 is 0 Å². The van der Waals surface area contributed by atoms with E-state index in [1.165, 1.54) is 7.11 Å². The van der Waals surface area contributed by atoms with Crippen molar-refractivity contribution in [3.8, 4) is 0 Å². The van der Waals surface area contributed by atoms with Gasteiger partial charge in [0.05, 0.1) is 12.7 Å². The van der Waals surface area contributed by atoms with Gasteiger partial charge in [-0.1, -0.05) is 32.9 Å². The molecule has 1 fully saturated rings. The monoisotopic (exact) mass is 399 g/mol. The lowest BCUT2D eigenvalue weighted by Gasteiger charge is -2.40. The van der Waals surface area contributed by atoms with Crippen LogP contribution in [0.3, 0.4) is 0 Å². The van der Waals surface area contributed by atoms with Crippen LogP contribution in [0.25, 0.3) is 0 Å². The summed E-state index contributed by atoms with van der Waals surface area (Å²) in [6, 6.07) is 5.53. The highest BCUT2D eigenvalue weighted by Gasteiger charge is 2.33. The molecule has 0 radical (unpaired) electrons. The molecule has 6 heteroatoms. The Hall–Kier alpha value is -1.56. The first-order chi connectivity index (χ1) is 13.0. The van der Waals surface area contributed by atoms with Crippen LogP contribution in [-0.2, 0) is 15.7 Å². The van der Waals surface area contributed by atoms with Crippen molar-refractivity contribution in [3.63, 3.8) is 0 Å². The first-order valence-electron chi connectivity index (χ1n) is 9.97. The first-order valence-corrected chi connectivity index (χ1v) is 9.97. The fourth-order valence-electron chi connectivity index (χ4n) is 3.91. The Morgan fingerprint density at radius 2 is 1.82 bits per heavy atom. The van der Waals surface area contributed by atoms with Gasteiger partial charge in [-0.05, 0) is 67.8 Å². The molecule has 1 heterocycles. The lowest BCUT2D eigenvalue weighted by molar-refractivity contribution is -0.142. The largest absolute Gasteiger partial charge is 0.469 e. The number of hydrogen-bond acceptors (Lipinski definition) is 3. The standard InChI is InChI=1S/C22H32F3NO2/c1-21(2,3)11-5-12-26-13-10-16(15-20(27)28-4)14-19(26)17-6-8-18(9-7-17)22(23,24)25/h6-9,16,19H,5,10-15H2,1-4H3. The predicted molar refractivity (Wildman–Crippen MR) is 104 cm³/mol. The Labute approximate surface area is 166 Å². The number of alkyl halides is 3. The molecule has 2 rings (SSSR count). The number of nitrogens with zero attached hydrogens (tertiary/aromatic N) is 1. The summed E-state index contributed by atoms with van der Waals surface area (Å²) in [5.41, 5.74) is 0.517. The number of likely N-dealkylation sites (tertiary alicyclic amines) is 1. The minimum atomic E-state index is -4.33. The number of carbonyl (C=O) groups is 1. The number of ether oxygens (including phenoxy) is 1. The summed E-state index contributed by atoms with van der Waals surface area (Å²) in [5.74, 6) is -0.0315. The molecule has 1 aliphatic rings. The zero-order chi connectivity index (χ0) is 20.9. The van der Waals surface area contributed by atoms with Crippen molar-refractivity contribution >= 4 is 5.97 Å². The molecule has 0 amide bonds. The van der Waals surface area contributed by atoms with Crippen LogP contribution in [0, 0.1) is 11.3 Å². The normalized spacial score (nSPS) is 21.5. The van der Waals surface area contributed by atoms with E-state index in [9.17, 15) is 18.0 Å². The molecule has 2 unspecified atom stereocenters. The Morgan fingerprint density at radius 1 is 1.18 bits per heavy atom. The average molecular weight is 399 g/mol. The fraction of sp³-hybridized carbons (Fsp3) is 0.682. The highest BCUT2D eigenvalue weighted by atomic mass is 19.4. The lowest BCUT2D eigenvalue weighted by Crippen LogP contribution is -2.38. The number of halogens is 3. The van der Waals surface area contributed by atoms with E-state index in [0.717, 1.165) is 56.5 Å². The van der Waals surface area contributed by atoms with Crippen LogP contribution >= 0.6 is 0 Å². The Balaban J connectivity index is 2.14. The third kappa shape index (κ3) is 6.80.